The second-order valence-corrected chi connectivity index (χ2v) is 19.8. The maximum Gasteiger partial charge on any atom is 1.00 e. The van der Waals surface area contributed by atoms with Gasteiger partial charge in [0.1, 0.15) is 12.3 Å². The molecule has 0 fully saturated rings. The quantitative estimate of drug-likeness (QED) is 0.0491. The smallest absolute Gasteiger partial charge is 0.366 e. The Bertz CT molecular complexity index is 2780. The largest absolute Gasteiger partial charge is 1.00 e. The molecule has 0 aliphatic rings. The second-order valence-electron chi connectivity index (χ2n) is 14.6. The summed E-state index contributed by atoms with van der Waals surface area (Å²) >= 11 is 0. The van der Waals surface area contributed by atoms with Crippen LogP contribution in [0.15, 0.2) is 231 Å². The third-order valence-electron chi connectivity index (χ3n) is 10.9. The van der Waals surface area contributed by atoms with Crippen LogP contribution >= 0.6 is 15.8 Å². The van der Waals surface area contributed by atoms with E-state index in [0.29, 0.717) is 0 Å². The predicted octanol–water partition coefficient (Wildman–Crippen LogP) is 12.6. The molecule has 0 heterocycles. The zero-order valence-corrected chi connectivity index (χ0v) is 38.9. The summed E-state index contributed by atoms with van der Waals surface area (Å²) in [5.41, 5.74) is 1.70. The van der Waals surface area contributed by atoms with E-state index >= 15 is 0 Å². The minimum absolute atomic E-state index is 0. The Morgan fingerprint density at radius 2 is 0.548 bits per heavy atom. The monoisotopic (exact) mass is 1020 g/mol. The van der Waals surface area contributed by atoms with Crippen LogP contribution in [0.4, 0.5) is 0 Å². The van der Waals surface area contributed by atoms with Gasteiger partial charge in [0.25, 0.3) is 0 Å². The van der Waals surface area contributed by atoms with Crippen LogP contribution in [0.1, 0.15) is 11.1 Å². The molecule has 4 heteroatoms. The molecule has 10 rings (SSSR count). The molecule has 10 aromatic rings. The molecule has 0 N–H and O–H groups in total. The fraction of sp³-hybridized carbons (Fsp3) is 0.0345. The van der Waals surface area contributed by atoms with Gasteiger partial charge in [-0.3, -0.25) is 11.8 Å². The number of hydrogen-bond donors (Lipinski definition) is 0. The Hall–Kier alpha value is -5.30. The van der Waals surface area contributed by atoms with E-state index in [2.05, 4.69) is 194 Å². The van der Waals surface area contributed by atoms with Crippen LogP contribution in [0.25, 0.3) is 43.1 Å². The molecule has 62 heavy (non-hydrogen) atoms. The van der Waals surface area contributed by atoms with Gasteiger partial charge in [0.15, 0.2) is 0 Å². The van der Waals surface area contributed by atoms with Crippen molar-refractivity contribution in [2.24, 2.45) is 0 Å². The summed E-state index contributed by atoms with van der Waals surface area (Å²) in [7, 11) is -1.57. The maximum atomic E-state index is 7.28. The number of benzene rings is 10. The van der Waals surface area contributed by atoms with E-state index in [4.69, 9.17) is 12.8 Å². The van der Waals surface area contributed by atoms with Gasteiger partial charge in [0.2, 0.25) is 0 Å². The van der Waals surface area contributed by atoms with Gasteiger partial charge in [-0.25, -0.2) is 0 Å². The van der Waals surface area contributed by atoms with Gasteiger partial charge in [0.05, 0.1) is 37.1 Å². The van der Waals surface area contributed by atoms with Gasteiger partial charge in [-0.15, -0.1) is 23.3 Å². The first-order chi connectivity index (χ1) is 29.7. The van der Waals surface area contributed by atoms with E-state index in [0.717, 1.165) is 32.7 Å². The summed E-state index contributed by atoms with van der Waals surface area (Å²) in [6.07, 6.45) is 17.1. The first kappa shape index (κ1) is 46.2. The summed E-state index contributed by atoms with van der Waals surface area (Å²) in [5.74, 6) is 4.97. The van der Waals surface area contributed by atoms with Crippen molar-refractivity contribution in [1.82, 2.24) is 0 Å². The van der Waals surface area contributed by atoms with Crippen LogP contribution in [0.5, 0.6) is 0 Å². The standard InChI is InChI=1S/C26H24P2.2C16H9.2Ag/c1-5-13-23(14-6-1)27(24-15-7-2-8-16-24)21-22-28(25-17-9-3-10-18-25)26-19-11-4-12-20-26;2*1-2-12-8-5-9-15-10-13-6-3-4-7-14(13)11-16(12)15;;/h1-20H,21-22H2;2*3-11H;;/q;2*-1;2*+1/p+2. The first-order valence-corrected chi connectivity index (χ1v) is 23.7. The SMILES string of the molecule is [Ag+].[Ag+].[C-]#Cc1cccc2cc3ccccc3cc12.[C-]#Cc1cccc2cc3ccccc3cc12.c1ccc([PH+](CC[PH+](c2ccccc2)c2ccccc2)c2ccccc2)cc1. The Balaban J connectivity index is 0.000000162. The number of hydrogen-bond acceptors (Lipinski definition) is 0. The van der Waals surface area contributed by atoms with Crippen molar-refractivity contribution in [3.8, 4) is 11.8 Å². The van der Waals surface area contributed by atoms with Crippen LogP contribution in [0.2, 0.25) is 0 Å². The maximum absolute atomic E-state index is 7.28. The normalized spacial score (nSPS) is 10.4. The molecule has 10 aromatic carbocycles. The molecule has 0 aromatic heterocycles. The zero-order valence-electron chi connectivity index (χ0n) is 34.0. The van der Waals surface area contributed by atoms with Crippen molar-refractivity contribution < 1.29 is 44.8 Å². The van der Waals surface area contributed by atoms with Crippen molar-refractivity contribution in [2.45, 2.75) is 0 Å². The Kier molecular flexibility index (Phi) is 17.3. The van der Waals surface area contributed by atoms with Crippen LogP contribution in [0, 0.1) is 24.7 Å². The van der Waals surface area contributed by atoms with Gasteiger partial charge >= 0.3 is 44.8 Å². The van der Waals surface area contributed by atoms with E-state index in [1.165, 1.54) is 55.1 Å². The molecule has 0 radical (unpaired) electrons. The third-order valence-corrected chi connectivity index (χ3v) is 17.0. The number of fused-ring (bicyclic) bond motifs is 4. The minimum atomic E-state index is -0.783. The minimum Gasteiger partial charge on any atom is -0.366 e. The predicted molar refractivity (Wildman–Crippen MR) is 266 cm³/mol. The fourth-order valence-corrected chi connectivity index (χ4v) is 14.1. The molecule has 0 bridgehead atoms. The Morgan fingerprint density at radius 1 is 0.290 bits per heavy atom. The van der Waals surface area contributed by atoms with Crippen LogP contribution in [0.3, 0.4) is 0 Å². The topological polar surface area (TPSA) is 0 Å². The van der Waals surface area contributed by atoms with E-state index in [-0.39, 0.29) is 44.8 Å². The van der Waals surface area contributed by atoms with Crippen molar-refractivity contribution >= 4 is 80.2 Å². The zero-order chi connectivity index (χ0) is 40.9. The Morgan fingerprint density at radius 3 is 0.839 bits per heavy atom. The van der Waals surface area contributed by atoms with E-state index in [1.807, 2.05) is 48.5 Å². The summed E-state index contributed by atoms with van der Waals surface area (Å²) in [6, 6.07) is 81.5. The first-order valence-electron chi connectivity index (χ1n) is 20.3. The van der Waals surface area contributed by atoms with E-state index < -0.39 is 15.8 Å². The Labute approximate surface area is 400 Å². The molecule has 0 nitrogen and oxygen atoms in total. The number of rotatable bonds is 7. The second kappa shape index (κ2) is 23.2. The third kappa shape index (κ3) is 11.4. The molecular weight excluding hydrogens is 974 g/mol. The molecule has 0 saturated carbocycles. The van der Waals surface area contributed by atoms with Gasteiger partial charge in [0, 0.05) is 0 Å². The summed E-state index contributed by atoms with van der Waals surface area (Å²) in [4.78, 5) is 0. The average molecular weight is 1020 g/mol. The van der Waals surface area contributed by atoms with Gasteiger partial charge < -0.3 is 12.8 Å². The van der Waals surface area contributed by atoms with Crippen molar-refractivity contribution in [2.75, 3.05) is 12.3 Å². The van der Waals surface area contributed by atoms with Gasteiger partial charge in [-0.1, -0.05) is 168 Å². The van der Waals surface area contributed by atoms with Gasteiger partial charge in [-0.2, -0.15) is 0 Å². The summed E-state index contributed by atoms with van der Waals surface area (Å²) < 4.78 is 0. The fourth-order valence-electron chi connectivity index (χ4n) is 7.87. The molecule has 0 aliphatic carbocycles. The molecule has 0 unspecified atom stereocenters. The van der Waals surface area contributed by atoms with Crippen molar-refractivity contribution in [3.05, 3.63) is 254 Å². The van der Waals surface area contributed by atoms with Crippen molar-refractivity contribution in [3.63, 3.8) is 0 Å². The molecule has 0 aliphatic heterocycles. The van der Waals surface area contributed by atoms with E-state index in [9.17, 15) is 0 Å². The molecule has 0 amide bonds. The summed E-state index contributed by atoms with van der Waals surface area (Å²) in [6.45, 7) is 0. The molecule has 0 atom stereocenters. The van der Waals surface area contributed by atoms with Crippen LogP contribution in [-0.2, 0) is 44.8 Å². The molecular formula is C58H44Ag2P2+2. The average Bonchev–Trinajstić information content (AvgIpc) is 3.32. The van der Waals surface area contributed by atoms with Crippen molar-refractivity contribution in [1.29, 1.82) is 0 Å². The summed E-state index contributed by atoms with van der Waals surface area (Å²) in [5, 5.41) is 15.5. The molecule has 306 valence electrons. The van der Waals surface area contributed by atoms with E-state index in [1.54, 1.807) is 0 Å². The van der Waals surface area contributed by atoms with Crippen LogP contribution in [-0.4, -0.2) is 12.3 Å². The molecule has 0 saturated heterocycles. The van der Waals surface area contributed by atoms with Gasteiger partial charge in [-0.05, 0) is 93.0 Å². The molecule has 0 spiro atoms. The van der Waals surface area contributed by atoms with Crippen LogP contribution < -0.4 is 21.2 Å².